The minimum Gasteiger partial charge on any atom is -0.490 e. The maximum absolute atomic E-state index is 13.3. The van der Waals surface area contributed by atoms with Gasteiger partial charge in [0.15, 0.2) is 0 Å². The SMILES string of the molecule is COC(=O)C[C@@H]1CC[C@H]2[C@@H](COc3ccc(NC(=O)Nc4cccc(Cl)c4)cc3C(=O)N2C)O1. The van der Waals surface area contributed by atoms with Crippen LogP contribution >= 0.6 is 11.6 Å². The number of anilines is 2. The van der Waals surface area contributed by atoms with Crippen LogP contribution in [0, 0.1) is 0 Å². The number of esters is 1. The van der Waals surface area contributed by atoms with E-state index in [1.54, 1.807) is 54.4 Å². The number of hydrogen-bond donors (Lipinski definition) is 2. The van der Waals surface area contributed by atoms with Crippen LogP contribution in [0.5, 0.6) is 5.75 Å². The third kappa shape index (κ3) is 5.43. The molecule has 0 aliphatic carbocycles. The number of amides is 3. The number of fused-ring (bicyclic) bond motifs is 2. The fourth-order valence-electron chi connectivity index (χ4n) is 4.23. The number of rotatable bonds is 4. The lowest BCUT2D eigenvalue weighted by atomic mass is 9.94. The average molecular weight is 488 g/mol. The van der Waals surface area contributed by atoms with Crippen molar-refractivity contribution >= 4 is 40.9 Å². The number of benzene rings is 2. The smallest absolute Gasteiger partial charge is 0.323 e. The molecule has 0 spiro atoms. The van der Waals surface area contributed by atoms with Gasteiger partial charge >= 0.3 is 12.0 Å². The molecule has 4 rings (SSSR count). The lowest BCUT2D eigenvalue weighted by Crippen LogP contribution is -2.53. The van der Waals surface area contributed by atoms with E-state index < -0.39 is 6.03 Å². The van der Waals surface area contributed by atoms with Crippen LogP contribution in [0.4, 0.5) is 16.2 Å². The first-order chi connectivity index (χ1) is 16.3. The van der Waals surface area contributed by atoms with Gasteiger partial charge in [-0.05, 0) is 49.2 Å². The summed E-state index contributed by atoms with van der Waals surface area (Å²) < 4.78 is 16.8. The second kappa shape index (κ2) is 10.3. The Morgan fingerprint density at radius 3 is 2.65 bits per heavy atom. The number of hydrogen-bond acceptors (Lipinski definition) is 6. The second-order valence-corrected chi connectivity index (χ2v) is 8.69. The predicted octanol–water partition coefficient (Wildman–Crippen LogP) is 3.93. The van der Waals surface area contributed by atoms with Crippen LogP contribution in [-0.4, -0.2) is 61.8 Å². The zero-order valence-electron chi connectivity index (χ0n) is 18.9. The van der Waals surface area contributed by atoms with Gasteiger partial charge in [-0.15, -0.1) is 0 Å². The largest absolute Gasteiger partial charge is 0.490 e. The number of nitrogens with zero attached hydrogens (tertiary/aromatic N) is 1. The van der Waals surface area contributed by atoms with Gasteiger partial charge in [-0.1, -0.05) is 17.7 Å². The normalized spacial score (nSPS) is 21.8. The van der Waals surface area contributed by atoms with Crippen molar-refractivity contribution in [2.75, 3.05) is 31.4 Å². The molecule has 2 aromatic carbocycles. The molecule has 2 heterocycles. The van der Waals surface area contributed by atoms with E-state index in [1.807, 2.05) is 0 Å². The molecule has 180 valence electrons. The lowest BCUT2D eigenvalue weighted by molar-refractivity contribution is -0.151. The van der Waals surface area contributed by atoms with Gasteiger partial charge in [0.2, 0.25) is 0 Å². The summed E-state index contributed by atoms with van der Waals surface area (Å²) in [5.41, 5.74) is 1.33. The van der Waals surface area contributed by atoms with E-state index in [0.717, 1.165) is 0 Å². The van der Waals surface area contributed by atoms with Crippen LogP contribution in [0.1, 0.15) is 29.6 Å². The number of ether oxygens (including phenoxy) is 3. The number of carbonyl (C=O) groups excluding carboxylic acids is 3. The topological polar surface area (TPSA) is 106 Å². The Kier molecular flexibility index (Phi) is 7.23. The number of carbonyl (C=O) groups is 3. The summed E-state index contributed by atoms with van der Waals surface area (Å²) in [7, 11) is 3.07. The van der Waals surface area contributed by atoms with E-state index >= 15 is 0 Å². The zero-order chi connectivity index (χ0) is 24.2. The van der Waals surface area contributed by atoms with Crippen molar-refractivity contribution in [1.82, 2.24) is 4.90 Å². The van der Waals surface area contributed by atoms with Gasteiger partial charge in [0, 0.05) is 23.4 Å². The molecule has 0 saturated carbocycles. The third-order valence-electron chi connectivity index (χ3n) is 5.97. The molecule has 1 saturated heterocycles. The van der Waals surface area contributed by atoms with Gasteiger partial charge in [-0.2, -0.15) is 0 Å². The Morgan fingerprint density at radius 2 is 1.91 bits per heavy atom. The molecule has 10 heteroatoms. The third-order valence-corrected chi connectivity index (χ3v) is 6.21. The fraction of sp³-hybridized carbons (Fsp3) is 0.375. The summed E-state index contributed by atoms with van der Waals surface area (Å²) in [4.78, 5) is 39.0. The van der Waals surface area contributed by atoms with Crippen molar-refractivity contribution in [1.29, 1.82) is 0 Å². The van der Waals surface area contributed by atoms with Crippen molar-refractivity contribution in [2.24, 2.45) is 0 Å². The van der Waals surface area contributed by atoms with E-state index in [-0.39, 0.29) is 43.2 Å². The monoisotopic (exact) mass is 487 g/mol. The highest BCUT2D eigenvalue weighted by Gasteiger charge is 2.39. The highest BCUT2D eigenvalue weighted by atomic mass is 35.5. The van der Waals surface area contributed by atoms with Gasteiger partial charge in [0.05, 0.1) is 31.2 Å². The van der Waals surface area contributed by atoms with Crippen molar-refractivity contribution in [3.05, 3.63) is 53.1 Å². The minimum atomic E-state index is -0.466. The Labute approximate surface area is 202 Å². The number of likely N-dealkylation sites (N-methyl/N-ethyl adjacent to an activating group) is 1. The number of methoxy groups -OCH3 is 1. The van der Waals surface area contributed by atoms with Crippen molar-refractivity contribution in [3.8, 4) is 5.75 Å². The maximum Gasteiger partial charge on any atom is 0.323 e. The highest BCUT2D eigenvalue weighted by molar-refractivity contribution is 6.30. The van der Waals surface area contributed by atoms with Crippen LogP contribution in [0.25, 0.3) is 0 Å². The Bertz CT molecular complexity index is 1090. The van der Waals surface area contributed by atoms with Crippen molar-refractivity contribution in [2.45, 2.75) is 37.5 Å². The first kappa shape index (κ1) is 23.8. The molecule has 0 bridgehead atoms. The van der Waals surface area contributed by atoms with Crippen LogP contribution in [0.2, 0.25) is 5.02 Å². The van der Waals surface area contributed by atoms with E-state index in [9.17, 15) is 14.4 Å². The van der Waals surface area contributed by atoms with Crippen molar-refractivity contribution in [3.63, 3.8) is 0 Å². The second-order valence-electron chi connectivity index (χ2n) is 8.25. The molecule has 2 aromatic rings. The van der Waals surface area contributed by atoms with E-state index in [4.69, 9.17) is 25.8 Å². The van der Waals surface area contributed by atoms with Crippen LogP contribution < -0.4 is 15.4 Å². The quantitative estimate of drug-likeness (QED) is 0.633. The van der Waals surface area contributed by atoms with E-state index in [0.29, 0.717) is 40.6 Å². The molecule has 2 aliphatic heterocycles. The van der Waals surface area contributed by atoms with Gasteiger partial charge in [-0.25, -0.2) is 4.79 Å². The Hall–Kier alpha value is -3.30. The molecule has 0 radical (unpaired) electrons. The van der Waals surface area contributed by atoms with E-state index in [2.05, 4.69) is 10.6 Å². The van der Waals surface area contributed by atoms with Crippen LogP contribution in [0.15, 0.2) is 42.5 Å². The van der Waals surface area contributed by atoms with E-state index in [1.165, 1.54) is 7.11 Å². The summed E-state index contributed by atoms with van der Waals surface area (Å²) in [6.07, 6.45) is 0.829. The summed E-state index contributed by atoms with van der Waals surface area (Å²) in [5.74, 6) is -0.169. The summed E-state index contributed by atoms with van der Waals surface area (Å²) >= 11 is 5.95. The Morgan fingerprint density at radius 1 is 1.15 bits per heavy atom. The molecular formula is C24H26ClN3O6. The molecule has 0 unspecified atom stereocenters. The number of urea groups is 1. The fourth-order valence-corrected chi connectivity index (χ4v) is 4.42. The molecule has 1 fully saturated rings. The molecule has 9 nitrogen and oxygen atoms in total. The molecule has 34 heavy (non-hydrogen) atoms. The molecule has 2 N–H and O–H groups in total. The van der Waals surface area contributed by atoms with Crippen LogP contribution in [-0.2, 0) is 14.3 Å². The molecule has 3 amide bonds. The first-order valence-corrected chi connectivity index (χ1v) is 11.3. The van der Waals surface area contributed by atoms with Crippen LogP contribution in [0.3, 0.4) is 0 Å². The Balaban J connectivity index is 1.47. The molecule has 2 aliphatic rings. The first-order valence-electron chi connectivity index (χ1n) is 10.9. The maximum atomic E-state index is 13.3. The molecular weight excluding hydrogens is 462 g/mol. The summed E-state index contributed by atoms with van der Waals surface area (Å²) in [6, 6.07) is 11.0. The summed E-state index contributed by atoms with van der Waals surface area (Å²) in [6.45, 7) is 0.231. The number of nitrogens with one attached hydrogen (secondary N) is 2. The minimum absolute atomic E-state index is 0.167. The van der Waals surface area contributed by atoms with Gasteiger partial charge in [0.1, 0.15) is 18.5 Å². The molecule has 3 atom stereocenters. The summed E-state index contributed by atoms with van der Waals surface area (Å²) in [5, 5.41) is 5.94. The number of halogens is 1. The van der Waals surface area contributed by atoms with Crippen molar-refractivity contribution < 1.29 is 28.6 Å². The molecule has 0 aromatic heterocycles. The lowest BCUT2D eigenvalue weighted by Gasteiger charge is -2.42. The predicted molar refractivity (Wildman–Crippen MR) is 126 cm³/mol. The van der Waals surface area contributed by atoms with Gasteiger partial charge in [-0.3, -0.25) is 9.59 Å². The standard InChI is InChI=1S/C24H26ClN3O6/c1-28-19-8-7-17(12-22(29)32-2)34-21(19)13-33-20-9-6-16(11-18(20)23(28)30)27-24(31)26-15-5-3-4-14(25)10-15/h3-6,9-11,17,19,21H,7-8,12-13H2,1-2H3,(H2,26,27,31)/t17-,19-,21+/m0/s1. The zero-order valence-corrected chi connectivity index (χ0v) is 19.6. The van der Waals surface area contributed by atoms with Gasteiger partial charge in [0.25, 0.3) is 5.91 Å². The highest BCUT2D eigenvalue weighted by Crippen LogP contribution is 2.32. The average Bonchev–Trinajstić information content (AvgIpc) is 2.81. The van der Waals surface area contributed by atoms with Gasteiger partial charge < -0.3 is 29.7 Å².